The molecule has 1 atom stereocenters. The second-order valence-corrected chi connectivity index (χ2v) is 6.59. The van der Waals surface area contributed by atoms with Gasteiger partial charge in [-0.25, -0.2) is 4.98 Å². The quantitative estimate of drug-likeness (QED) is 0.870. The van der Waals surface area contributed by atoms with Gasteiger partial charge in [0.1, 0.15) is 11.9 Å². The first-order valence-corrected chi connectivity index (χ1v) is 8.45. The average Bonchev–Trinajstić information content (AvgIpc) is 3.20. The van der Waals surface area contributed by atoms with Gasteiger partial charge in [-0.05, 0) is 43.9 Å². The maximum Gasteiger partial charge on any atom is 0.230 e. The summed E-state index contributed by atoms with van der Waals surface area (Å²) in [5, 5.41) is 20.7. The Labute approximate surface area is 140 Å². The molecular weight excluding hydrogens is 304 g/mol. The van der Waals surface area contributed by atoms with Crippen LogP contribution in [0.2, 0.25) is 0 Å². The molecule has 7 nitrogen and oxygen atoms in total. The summed E-state index contributed by atoms with van der Waals surface area (Å²) in [6.07, 6.45) is 5.18. The number of aromatic nitrogens is 3. The summed E-state index contributed by atoms with van der Waals surface area (Å²) in [6.45, 7) is 3.56. The molecule has 1 saturated carbocycles. The van der Waals surface area contributed by atoms with E-state index in [4.69, 9.17) is 9.68 Å². The molecule has 0 radical (unpaired) electrons. The van der Waals surface area contributed by atoms with Crippen LogP contribution in [0.25, 0.3) is 0 Å². The summed E-state index contributed by atoms with van der Waals surface area (Å²) in [5.74, 6) is 3.24. The summed E-state index contributed by atoms with van der Waals surface area (Å²) < 4.78 is 5.74. The van der Waals surface area contributed by atoms with E-state index in [0.29, 0.717) is 23.2 Å². The van der Waals surface area contributed by atoms with Crippen LogP contribution in [0.15, 0.2) is 22.7 Å². The van der Waals surface area contributed by atoms with Gasteiger partial charge in [-0.2, -0.15) is 5.26 Å². The predicted octanol–water partition coefficient (Wildman–Crippen LogP) is 2.15. The van der Waals surface area contributed by atoms with Crippen LogP contribution in [0.4, 0.5) is 5.82 Å². The Hall–Kier alpha value is -2.46. The van der Waals surface area contributed by atoms with Crippen molar-refractivity contribution in [2.45, 2.75) is 31.7 Å². The van der Waals surface area contributed by atoms with Gasteiger partial charge in [-0.3, -0.25) is 4.90 Å². The van der Waals surface area contributed by atoms with E-state index in [2.05, 4.69) is 31.5 Å². The first-order chi connectivity index (χ1) is 11.8. The van der Waals surface area contributed by atoms with Crippen molar-refractivity contribution in [2.75, 3.05) is 25.0 Å². The fourth-order valence-electron chi connectivity index (χ4n) is 3.12. The second-order valence-electron chi connectivity index (χ2n) is 6.59. The van der Waals surface area contributed by atoms with E-state index in [1.165, 1.54) is 12.8 Å². The second kappa shape index (κ2) is 6.57. The lowest BCUT2D eigenvalue weighted by atomic mass is 10.1. The highest BCUT2D eigenvalue weighted by atomic mass is 16.4. The zero-order valence-corrected chi connectivity index (χ0v) is 13.5. The van der Waals surface area contributed by atoms with Gasteiger partial charge in [-0.15, -0.1) is 10.2 Å². The Morgan fingerprint density at radius 3 is 3.08 bits per heavy atom. The molecule has 24 heavy (non-hydrogen) atoms. The molecule has 3 heterocycles. The van der Waals surface area contributed by atoms with E-state index >= 15 is 0 Å². The molecule has 2 aliphatic rings. The van der Waals surface area contributed by atoms with E-state index < -0.39 is 0 Å². The van der Waals surface area contributed by atoms with Crippen LogP contribution >= 0.6 is 0 Å². The minimum Gasteiger partial charge on any atom is -0.424 e. The van der Waals surface area contributed by atoms with Crippen LogP contribution in [0.5, 0.6) is 0 Å². The summed E-state index contributed by atoms with van der Waals surface area (Å²) in [4.78, 5) is 6.59. The minimum absolute atomic E-state index is 0.509. The van der Waals surface area contributed by atoms with Crippen molar-refractivity contribution >= 4 is 5.82 Å². The third kappa shape index (κ3) is 3.39. The van der Waals surface area contributed by atoms with Crippen molar-refractivity contribution in [3.8, 4) is 6.07 Å². The third-order valence-electron chi connectivity index (χ3n) is 4.62. The number of nitrogens with zero attached hydrogens (tertiary/aromatic N) is 5. The lowest BCUT2D eigenvalue weighted by molar-refractivity contribution is 0.278. The van der Waals surface area contributed by atoms with Gasteiger partial charge in [0.2, 0.25) is 11.8 Å². The monoisotopic (exact) mass is 324 g/mol. The molecule has 1 saturated heterocycles. The average molecular weight is 324 g/mol. The van der Waals surface area contributed by atoms with E-state index in [1.807, 2.05) is 0 Å². The van der Waals surface area contributed by atoms with Crippen LogP contribution < -0.4 is 5.32 Å². The lowest BCUT2D eigenvalue weighted by Gasteiger charge is -2.14. The fraction of sp³-hybridized carbons (Fsp3) is 0.529. The number of hydrogen-bond acceptors (Lipinski definition) is 7. The molecule has 7 heteroatoms. The first-order valence-electron chi connectivity index (χ1n) is 8.45. The van der Waals surface area contributed by atoms with Crippen LogP contribution in [-0.4, -0.2) is 39.7 Å². The zero-order chi connectivity index (χ0) is 16.4. The standard InChI is InChI=1S/C17H20N6O/c18-8-14-2-1-6-19-16(14)20-9-12-5-7-23(10-12)11-15-21-22-17(24-15)13-3-4-13/h1-2,6,12-13H,3-5,7,9-11H2,(H,19,20)/t12-/m0/s1. The molecule has 0 aromatic carbocycles. The molecule has 2 aromatic heterocycles. The molecule has 0 spiro atoms. The SMILES string of the molecule is N#Cc1cccnc1NC[C@@H]1CCN(Cc2nnc(C3CC3)o2)C1. The maximum absolute atomic E-state index is 9.10. The van der Waals surface area contributed by atoms with Gasteiger partial charge >= 0.3 is 0 Å². The van der Waals surface area contributed by atoms with Crippen LogP contribution in [-0.2, 0) is 6.54 Å². The Morgan fingerprint density at radius 1 is 1.33 bits per heavy atom. The summed E-state index contributed by atoms with van der Waals surface area (Å²) in [7, 11) is 0. The number of rotatable bonds is 6. The molecule has 1 aliphatic carbocycles. The predicted molar refractivity (Wildman–Crippen MR) is 87.1 cm³/mol. The molecule has 2 aromatic rings. The van der Waals surface area contributed by atoms with Gasteiger partial charge in [0, 0.05) is 25.2 Å². The molecule has 124 valence electrons. The van der Waals surface area contributed by atoms with Crippen molar-refractivity contribution in [1.82, 2.24) is 20.1 Å². The number of likely N-dealkylation sites (tertiary alicyclic amines) is 1. The number of anilines is 1. The number of nitriles is 1. The van der Waals surface area contributed by atoms with Crippen molar-refractivity contribution < 1.29 is 4.42 Å². The summed E-state index contributed by atoms with van der Waals surface area (Å²) in [6, 6.07) is 5.73. The highest BCUT2D eigenvalue weighted by Crippen LogP contribution is 2.39. The zero-order valence-electron chi connectivity index (χ0n) is 13.5. The highest BCUT2D eigenvalue weighted by molar-refractivity contribution is 5.51. The molecule has 0 amide bonds. The van der Waals surface area contributed by atoms with Gasteiger partial charge in [0.15, 0.2) is 0 Å². The van der Waals surface area contributed by atoms with E-state index in [1.54, 1.807) is 18.3 Å². The Kier molecular flexibility index (Phi) is 4.13. The van der Waals surface area contributed by atoms with Crippen molar-refractivity contribution in [2.24, 2.45) is 5.92 Å². The van der Waals surface area contributed by atoms with Gasteiger partial charge < -0.3 is 9.73 Å². The third-order valence-corrected chi connectivity index (χ3v) is 4.62. The lowest BCUT2D eigenvalue weighted by Crippen LogP contribution is -2.23. The largest absolute Gasteiger partial charge is 0.424 e. The van der Waals surface area contributed by atoms with Gasteiger partial charge in [-0.1, -0.05) is 0 Å². The molecule has 1 aliphatic heterocycles. The molecule has 2 fully saturated rings. The number of hydrogen-bond donors (Lipinski definition) is 1. The summed E-state index contributed by atoms with van der Waals surface area (Å²) >= 11 is 0. The van der Waals surface area contributed by atoms with Crippen LogP contribution in [0, 0.1) is 17.2 Å². The topological polar surface area (TPSA) is 90.9 Å². The molecule has 0 unspecified atom stereocenters. The van der Waals surface area contributed by atoms with Crippen LogP contribution in [0.3, 0.4) is 0 Å². The van der Waals surface area contributed by atoms with Gasteiger partial charge in [0.25, 0.3) is 0 Å². The Morgan fingerprint density at radius 2 is 2.25 bits per heavy atom. The van der Waals surface area contributed by atoms with Crippen LogP contribution in [0.1, 0.15) is 42.5 Å². The van der Waals surface area contributed by atoms with Crippen molar-refractivity contribution in [1.29, 1.82) is 5.26 Å². The van der Waals surface area contributed by atoms with E-state index in [-0.39, 0.29) is 0 Å². The highest BCUT2D eigenvalue weighted by Gasteiger charge is 2.30. The normalized spacial score (nSPS) is 20.9. The maximum atomic E-state index is 9.10. The molecule has 1 N–H and O–H groups in total. The Balaban J connectivity index is 1.27. The number of nitrogens with one attached hydrogen (secondary N) is 1. The van der Waals surface area contributed by atoms with E-state index in [0.717, 1.165) is 44.4 Å². The van der Waals surface area contributed by atoms with Gasteiger partial charge in [0.05, 0.1) is 12.1 Å². The van der Waals surface area contributed by atoms with E-state index in [9.17, 15) is 0 Å². The molecule has 4 rings (SSSR count). The Bertz CT molecular complexity index is 748. The van der Waals surface area contributed by atoms with Crippen molar-refractivity contribution in [3.05, 3.63) is 35.7 Å². The fourth-order valence-corrected chi connectivity index (χ4v) is 3.12. The molecule has 0 bridgehead atoms. The first kappa shape index (κ1) is 15.1. The summed E-state index contributed by atoms with van der Waals surface area (Å²) in [5.41, 5.74) is 0.589. The minimum atomic E-state index is 0.509. The van der Waals surface area contributed by atoms with Crippen molar-refractivity contribution in [3.63, 3.8) is 0 Å². The molecular formula is C17H20N6O. The number of pyridine rings is 1. The smallest absolute Gasteiger partial charge is 0.230 e.